The number of nitrogens with two attached hydrogens (primary N) is 1. The lowest BCUT2D eigenvalue weighted by Crippen LogP contribution is -2.50. The number of rotatable bonds is 4. The average molecular weight is 440 g/mol. The fourth-order valence-electron chi connectivity index (χ4n) is 5.70. The Bertz CT molecular complexity index is 1080. The fourth-order valence-corrected chi connectivity index (χ4v) is 5.70. The molecule has 2 unspecified atom stereocenters. The molecule has 2 aromatic heterocycles. The Morgan fingerprint density at radius 1 is 1.12 bits per heavy atom. The summed E-state index contributed by atoms with van der Waals surface area (Å²) < 4.78 is 14.4. The van der Waals surface area contributed by atoms with Gasteiger partial charge in [0.05, 0.1) is 5.69 Å². The van der Waals surface area contributed by atoms with Crippen LogP contribution in [0.3, 0.4) is 0 Å². The van der Waals surface area contributed by atoms with E-state index in [1.54, 1.807) is 6.07 Å². The van der Waals surface area contributed by atoms with Crippen LogP contribution < -0.4 is 16.2 Å². The van der Waals surface area contributed by atoms with Crippen molar-refractivity contribution in [3.8, 4) is 0 Å². The van der Waals surface area contributed by atoms with Gasteiger partial charge >= 0.3 is 0 Å². The van der Waals surface area contributed by atoms with E-state index < -0.39 is 11.9 Å². The number of anilines is 1. The number of amides is 1. The first-order chi connectivity index (χ1) is 15.5. The van der Waals surface area contributed by atoms with Crippen molar-refractivity contribution in [1.29, 1.82) is 0 Å². The lowest BCUT2D eigenvalue weighted by molar-refractivity contribution is 0.0994. The third kappa shape index (κ3) is 4.03. The summed E-state index contributed by atoms with van der Waals surface area (Å²) in [5.41, 5.74) is 9.03. The largest absolute Gasteiger partial charge is 0.365 e. The molecule has 0 aromatic carbocycles. The SMILES string of the molecule is NC(=O)c1ccc(N2CCN(C3CCC(c4cc5c(c(=O)[nH]4)CCCC5)C3)CC2)c(F)n1. The molecule has 170 valence electrons. The van der Waals surface area contributed by atoms with E-state index in [1.807, 2.05) is 4.90 Å². The highest BCUT2D eigenvalue weighted by Crippen LogP contribution is 2.37. The van der Waals surface area contributed by atoms with E-state index in [2.05, 4.69) is 20.9 Å². The Morgan fingerprint density at radius 3 is 2.66 bits per heavy atom. The monoisotopic (exact) mass is 439 g/mol. The van der Waals surface area contributed by atoms with Gasteiger partial charge in [0, 0.05) is 49.4 Å². The highest BCUT2D eigenvalue weighted by molar-refractivity contribution is 5.90. The van der Waals surface area contributed by atoms with Crippen molar-refractivity contribution in [3.63, 3.8) is 0 Å². The number of carbonyl (C=O) groups is 1. The summed E-state index contributed by atoms with van der Waals surface area (Å²) >= 11 is 0. The molecule has 2 fully saturated rings. The third-order valence-electron chi connectivity index (χ3n) is 7.47. The van der Waals surface area contributed by atoms with Crippen LogP contribution in [0.25, 0.3) is 0 Å². The van der Waals surface area contributed by atoms with Crippen LogP contribution in [-0.2, 0) is 12.8 Å². The number of carbonyl (C=O) groups excluding carboxylic acids is 1. The summed E-state index contributed by atoms with van der Waals surface area (Å²) in [7, 11) is 0. The van der Waals surface area contributed by atoms with Crippen molar-refractivity contribution in [2.75, 3.05) is 31.1 Å². The second-order valence-electron chi connectivity index (χ2n) is 9.32. The van der Waals surface area contributed by atoms with Gasteiger partial charge in [0.1, 0.15) is 5.69 Å². The normalized spacial score (nSPS) is 23.8. The van der Waals surface area contributed by atoms with Crippen molar-refractivity contribution in [2.45, 2.75) is 56.9 Å². The number of H-pyrrole nitrogens is 1. The lowest BCUT2D eigenvalue weighted by atomic mass is 9.90. The summed E-state index contributed by atoms with van der Waals surface area (Å²) in [4.78, 5) is 35.1. The molecule has 8 heteroatoms. The van der Waals surface area contributed by atoms with Gasteiger partial charge in [-0.1, -0.05) is 0 Å². The molecule has 2 aromatic rings. The van der Waals surface area contributed by atoms with E-state index in [-0.39, 0.29) is 11.3 Å². The van der Waals surface area contributed by atoms with Gasteiger partial charge in [-0.25, -0.2) is 4.98 Å². The summed E-state index contributed by atoms with van der Waals surface area (Å²) in [5.74, 6) is -0.968. The molecule has 1 saturated carbocycles. The molecule has 1 amide bonds. The first-order valence-electron chi connectivity index (χ1n) is 11.7. The minimum atomic E-state index is -0.726. The number of pyridine rings is 2. The van der Waals surface area contributed by atoms with Gasteiger partial charge in [0.15, 0.2) is 0 Å². The van der Waals surface area contributed by atoms with Crippen LogP contribution in [0.5, 0.6) is 0 Å². The molecule has 5 rings (SSSR count). The van der Waals surface area contributed by atoms with Gasteiger partial charge in [0.2, 0.25) is 5.95 Å². The average Bonchev–Trinajstić information content (AvgIpc) is 3.29. The molecular formula is C24H30FN5O2. The number of aryl methyl sites for hydroxylation is 1. The maximum absolute atomic E-state index is 14.4. The number of hydrogen-bond donors (Lipinski definition) is 2. The maximum atomic E-state index is 14.4. The third-order valence-corrected chi connectivity index (χ3v) is 7.47. The molecule has 3 heterocycles. The van der Waals surface area contributed by atoms with Gasteiger partial charge in [0.25, 0.3) is 11.5 Å². The quantitative estimate of drug-likeness (QED) is 0.713. The van der Waals surface area contributed by atoms with Crippen molar-refractivity contribution in [2.24, 2.45) is 5.73 Å². The van der Waals surface area contributed by atoms with Crippen molar-refractivity contribution in [1.82, 2.24) is 14.9 Å². The minimum Gasteiger partial charge on any atom is -0.365 e. The molecular weight excluding hydrogens is 409 g/mol. The number of halogens is 1. The minimum absolute atomic E-state index is 0.0536. The zero-order valence-electron chi connectivity index (χ0n) is 18.3. The van der Waals surface area contributed by atoms with Crippen LogP contribution >= 0.6 is 0 Å². The number of nitrogens with zero attached hydrogens (tertiary/aromatic N) is 3. The van der Waals surface area contributed by atoms with Crippen molar-refractivity contribution < 1.29 is 9.18 Å². The number of nitrogens with one attached hydrogen (secondary N) is 1. The molecule has 2 atom stereocenters. The van der Waals surface area contributed by atoms with Gasteiger partial charge < -0.3 is 15.6 Å². The van der Waals surface area contributed by atoms with Crippen LogP contribution in [-0.4, -0.2) is 53.0 Å². The summed E-state index contributed by atoms with van der Waals surface area (Å²) in [6.07, 6.45) is 7.48. The molecule has 0 bridgehead atoms. The summed E-state index contributed by atoms with van der Waals surface area (Å²) in [6.45, 7) is 3.14. The van der Waals surface area contributed by atoms with E-state index in [1.165, 1.54) is 18.1 Å². The van der Waals surface area contributed by atoms with Crippen LogP contribution in [0.15, 0.2) is 23.0 Å². The van der Waals surface area contributed by atoms with Gasteiger partial charge in [-0.3, -0.25) is 14.5 Å². The first-order valence-corrected chi connectivity index (χ1v) is 11.7. The van der Waals surface area contributed by atoms with Crippen LogP contribution in [0.1, 0.15) is 65.3 Å². The Morgan fingerprint density at radius 2 is 1.91 bits per heavy atom. The van der Waals surface area contributed by atoms with Gasteiger partial charge in [-0.2, -0.15) is 4.39 Å². The Balaban J connectivity index is 1.21. The summed E-state index contributed by atoms with van der Waals surface area (Å²) in [6, 6.07) is 5.82. The highest BCUT2D eigenvalue weighted by atomic mass is 19.1. The van der Waals surface area contributed by atoms with E-state index in [4.69, 9.17) is 5.73 Å². The molecule has 1 aliphatic heterocycles. The molecule has 0 spiro atoms. The standard InChI is InChI=1S/C24H30FN5O2/c25-22-21(8-7-19(27-22)23(26)31)30-11-9-29(10-12-30)17-6-5-16(13-17)20-14-15-3-1-2-4-18(15)24(32)28-20/h7-8,14,16-17H,1-6,9-13H2,(H2,26,31)(H,28,32). The number of aromatic amines is 1. The molecule has 1 saturated heterocycles. The predicted octanol–water partition coefficient (Wildman–Crippen LogP) is 2.34. The Hall–Kier alpha value is -2.74. The number of primary amides is 1. The molecule has 32 heavy (non-hydrogen) atoms. The number of fused-ring (bicyclic) bond motifs is 1. The van der Waals surface area contributed by atoms with E-state index in [0.29, 0.717) is 30.7 Å². The number of aromatic nitrogens is 2. The van der Waals surface area contributed by atoms with Crippen LogP contribution in [0.4, 0.5) is 10.1 Å². The molecule has 7 nitrogen and oxygen atoms in total. The molecule has 3 N–H and O–H groups in total. The highest BCUT2D eigenvalue weighted by Gasteiger charge is 2.33. The van der Waals surface area contributed by atoms with Crippen LogP contribution in [0, 0.1) is 5.95 Å². The second kappa shape index (κ2) is 8.65. The van der Waals surface area contributed by atoms with E-state index >= 15 is 0 Å². The van der Waals surface area contributed by atoms with E-state index in [0.717, 1.165) is 62.9 Å². The number of hydrogen-bond acceptors (Lipinski definition) is 5. The topological polar surface area (TPSA) is 95.3 Å². The Labute approximate surface area is 186 Å². The Kier molecular flexibility index (Phi) is 5.71. The lowest BCUT2D eigenvalue weighted by Gasteiger charge is -2.39. The first kappa shape index (κ1) is 21.1. The second-order valence-corrected chi connectivity index (χ2v) is 9.32. The van der Waals surface area contributed by atoms with Crippen LogP contribution in [0.2, 0.25) is 0 Å². The zero-order valence-corrected chi connectivity index (χ0v) is 18.3. The predicted molar refractivity (Wildman–Crippen MR) is 121 cm³/mol. The molecule has 0 radical (unpaired) electrons. The maximum Gasteiger partial charge on any atom is 0.267 e. The zero-order chi connectivity index (χ0) is 22.2. The van der Waals surface area contributed by atoms with Crippen molar-refractivity contribution >= 4 is 11.6 Å². The molecule has 2 aliphatic carbocycles. The van der Waals surface area contributed by atoms with Gasteiger partial charge in [-0.15, -0.1) is 0 Å². The summed E-state index contributed by atoms with van der Waals surface area (Å²) in [5, 5.41) is 0. The fraction of sp³-hybridized carbons (Fsp3) is 0.542. The number of piperazine rings is 1. The van der Waals surface area contributed by atoms with E-state index in [9.17, 15) is 14.0 Å². The molecule has 3 aliphatic rings. The van der Waals surface area contributed by atoms with Crippen molar-refractivity contribution in [3.05, 3.63) is 57.0 Å². The smallest absolute Gasteiger partial charge is 0.267 e. The van der Waals surface area contributed by atoms with Gasteiger partial charge in [-0.05, 0) is 68.7 Å².